The van der Waals surface area contributed by atoms with Crippen molar-refractivity contribution >= 4 is 35.2 Å². The molecule has 9 nitrogen and oxygen atoms in total. The fourth-order valence-electron chi connectivity index (χ4n) is 4.96. The first-order valence-corrected chi connectivity index (χ1v) is 10.7. The van der Waals surface area contributed by atoms with E-state index in [1.807, 2.05) is 19.0 Å². The minimum Gasteiger partial charge on any atom is -0.479 e. The fraction of sp³-hybridized carbons (Fsp3) is 0.333. The Morgan fingerprint density at radius 3 is 2.15 bits per heavy atom. The molecular weight excluding hydrogens is 443 g/mol. The van der Waals surface area contributed by atoms with E-state index in [0.717, 1.165) is 27.6 Å². The molecule has 0 aromatic heterocycles. The minimum atomic E-state index is -2.00. The number of urea groups is 1. The number of rotatable bonds is 4. The molecule has 0 bridgehead atoms. The molecule has 4 atom stereocenters. The van der Waals surface area contributed by atoms with Crippen LogP contribution in [0, 0.1) is 17.7 Å². The van der Waals surface area contributed by atoms with Gasteiger partial charge in [-0.05, 0) is 48.9 Å². The SMILES string of the molecule is CN1C(=O)C2C(c3ccc(N(C)C)cc3)N(C(=O)Nc3ccc(F)cc3)C(C)(C(=O)O)C2C1=O. The second-order valence-electron chi connectivity index (χ2n) is 8.93. The first-order chi connectivity index (χ1) is 16.0. The number of carbonyl (C=O) groups is 4. The standard InChI is InChI=1S/C24H25FN4O5/c1-24(22(32)33)18-17(20(30)28(4)21(18)31)19(13-5-11-16(12-6-13)27(2)3)29(24)23(34)26-15-9-7-14(25)8-10-15/h5-12,17-19H,1-4H3,(H,26,34)(H,32,33). The van der Waals surface area contributed by atoms with Gasteiger partial charge < -0.3 is 15.3 Å². The quantitative estimate of drug-likeness (QED) is 0.668. The Bertz CT molecular complexity index is 1170. The summed E-state index contributed by atoms with van der Waals surface area (Å²) in [5, 5.41) is 12.8. The highest BCUT2D eigenvalue weighted by Crippen LogP contribution is 2.55. The number of imide groups is 1. The van der Waals surface area contributed by atoms with Crippen molar-refractivity contribution in [2.45, 2.75) is 18.5 Å². The molecule has 2 fully saturated rings. The van der Waals surface area contributed by atoms with Gasteiger partial charge in [0.25, 0.3) is 0 Å². The zero-order valence-corrected chi connectivity index (χ0v) is 19.2. The van der Waals surface area contributed by atoms with Gasteiger partial charge in [0.15, 0.2) is 5.54 Å². The Labute approximate surface area is 195 Å². The van der Waals surface area contributed by atoms with Gasteiger partial charge in [-0.1, -0.05) is 12.1 Å². The van der Waals surface area contributed by atoms with Gasteiger partial charge in [-0.15, -0.1) is 0 Å². The summed E-state index contributed by atoms with van der Waals surface area (Å²) in [4.78, 5) is 56.2. The predicted molar refractivity (Wildman–Crippen MR) is 122 cm³/mol. The van der Waals surface area contributed by atoms with Crippen LogP contribution in [-0.2, 0) is 14.4 Å². The van der Waals surface area contributed by atoms with Crippen LogP contribution in [0.3, 0.4) is 0 Å². The maximum atomic E-state index is 13.5. The van der Waals surface area contributed by atoms with E-state index in [9.17, 15) is 28.7 Å². The lowest BCUT2D eigenvalue weighted by atomic mass is 9.80. The zero-order chi connectivity index (χ0) is 24.9. The van der Waals surface area contributed by atoms with E-state index in [1.165, 1.54) is 26.1 Å². The van der Waals surface area contributed by atoms with Gasteiger partial charge in [-0.2, -0.15) is 0 Å². The van der Waals surface area contributed by atoms with Gasteiger partial charge >= 0.3 is 12.0 Å². The first kappa shape index (κ1) is 23.2. The van der Waals surface area contributed by atoms with Crippen molar-refractivity contribution in [2.24, 2.45) is 11.8 Å². The Balaban J connectivity index is 1.85. The molecule has 2 aromatic carbocycles. The average Bonchev–Trinajstić information content (AvgIpc) is 3.21. The molecule has 0 spiro atoms. The number of halogens is 1. The van der Waals surface area contributed by atoms with Crippen molar-refractivity contribution in [3.8, 4) is 0 Å². The van der Waals surface area contributed by atoms with Crippen molar-refractivity contribution in [3.05, 3.63) is 59.9 Å². The van der Waals surface area contributed by atoms with Crippen LogP contribution in [0.15, 0.2) is 48.5 Å². The molecule has 0 radical (unpaired) electrons. The molecule has 2 saturated heterocycles. The van der Waals surface area contributed by atoms with E-state index >= 15 is 0 Å². The molecule has 0 saturated carbocycles. The molecule has 2 N–H and O–H groups in total. The third-order valence-corrected chi connectivity index (χ3v) is 6.79. The summed E-state index contributed by atoms with van der Waals surface area (Å²) in [6.07, 6.45) is 0. The van der Waals surface area contributed by atoms with Crippen molar-refractivity contribution < 1.29 is 28.7 Å². The number of fused-ring (bicyclic) bond motifs is 1. The van der Waals surface area contributed by atoms with Gasteiger partial charge in [0.1, 0.15) is 5.82 Å². The number of hydrogen-bond acceptors (Lipinski definition) is 5. The van der Waals surface area contributed by atoms with Gasteiger partial charge in [-0.3, -0.25) is 19.4 Å². The molecule has 2 aromatic rings. The van der Waals surface area contributed by atoms with E-state index in [-0.39, 0.29) is 5.69 Å². The van der Waals surface area contributed by atoms with Crippen LogP contribution in [0.4, 0.5) is 20.6 Å². The molecule has 4 amide bonds. The van der Waals surface area contributed by atoms with Crippen LogP contribution in [0.1, 0.15) is 18.5 Å². The largest absolute Gasteiger partial charge is 0.479 e. The number of carboxylic acids is 1. The Kier molecular flexibility index (Phi) is 5.55. The lowest BCUT2D eigenvalue weighted by Crippen LogP contribution is -2.58. The lowest BCUT2D eigenvalue weighted by Gasteiger charge is -2.38. The number of hydrogen-bond donors (Lipinski definition) is 2. The molecule has 0 aliphatic carbocycles. The van der Waals surface area contributed by atoms with Crippen molar-refractivity contribution in [1.82, 2.24) is 9.80 Å². The second-order valence-corrected chi connectivity index (χ2v) is 8.93. The molecule has 4 rings (SSSR count). The lowest BCUT2D eigenvalue weighted by molar-refractivity contribution is -0.154. The van der Waals surface area contributed by atoms with Crippen LogP contribution < -0.4 is 10.2 Å². The Morgan fingerprint density at radius 1 is 1.03 bits per heavy atom. The van der Waals surface area contributed by atoms with Crippen LogP contribution >= 0.6 is 0 Å². The highest BCUT2D eigenvalue weighted by Gasteiger charge is 2.71. The van der Waals surface area contributed by atoms with Crippen LogP contribution in [0.25, 0.3) is 0 Å². The highest BCUT2D eigenvalue weighted by atomic mass is 19.1. The van der Waals surface area contributed by atoms with E-state index in [4.69, 9.17) is 0 Å². The molecule has 4 unspecified atom stereocenters. The maximum absolute atomic E-state index is 13.5. The normalized spacial score (nSPS) is 26.0. The molecular formula is C24H25FN4O5. The molecule has 10 heteroatoms. The van der Waals surface area contributed by atoms with Gasteiger partial charge in [0.2, 0.25) is 11.8 Å². The monoisotopic (exact) mass is 468 g/mol. The number of aliphatic carboxylic acids is 1. The molecule has 2 aliphatic heterocycles. The summed E-state index contributed by atoms with van der Waals surface area (Å²) in [6.45, 7) is 1.29. The first-order valence-electron chi connectivity index (χ1n) is 10.7. The predicted octanol–water partition coefficient (Wildman–Crippen LogP) is 2.55. The number of carbonyl (C=O) groups excluding carboxylic acids is 3. The van der Waals surface area contributed by atoms with E-state index in [0.29, 0.717) is 5.56 Å². The summed E-state index contributed by atoms with van der Waals surface area (Å²) < 4.78 is 13.3. The summed E-state index contributed by atoms with van der Waals surface area (Å²) in [7, 11) is 5.04. The highest BCUT2D eigenvalue weighted by molar-refractivity contribution is 6.11. The van der Waals surface area contributed by atoms with Crippen molar-refractivity contribution in [3.63, 3.8) is 0 Å². The van der Waals surface area contributed by atoms with Crippen molar-refractivity contribution in [2.75, 3.05) is 31.4 Å². The average molecular weight is 468 g/mol. The van der Waals surface area contributed by atoms with Crippen LogP contribution in [0.2, 0.25) is 0 Å². The molecule has 178 valence electrons. The summed E-state index contributed by atoms with van der Waals surface area (Å²) in [6, 6.07) is 10.2. The van der Waals surface area contributed by atoms with E-state index in [1.54, 1.807) is 24.3 Å². The third-order valence-electron chi connectivity index (χ3n) is 6.79. The number of amides is 4. The Hall–Kier alpha value is -3.95. The number of nitrogens with zero attached hydrogens (tertiary/aromatic N) is 3. The van der Waals surface area contributed by atoms with E-state index < -0.39 is 53.0 Å². The number of nitrogens with one attached hydrogen (secondary N) is 1. The molecule has 34 heavy (non-hydrogen) atoms. The van der Waals surface area contributed by atoms with Gasteiger partial charge in [0.05, 0.1) is 17.9 Å². The number of likely N-dealkylation sites (tertiary alicyclic amines) is 2. The minimum absolute atomic E-state index is 0.243. The summed E-state index contributed by atoms with van der Waals surface area (Å²) in [5.74, 6) is -5.42. The summed E-state index contributed by atoms with van der Waals surface area (Å²) in [5.41, 5.74) is -0.367. The van der Waals surface area contributed by atoms with Crippen molar-refractivity contribution in [1.29, 1.82) is 0 Å². The number of carboxylic acid groups (broad SMARTS) is 1. The maximum Gasteiger partial charge on any atom is 0.330 e. The van der Waals surface area contributed by atoms with Crippen LogP contribution in [0.5, 0.6) is 0 Å². The van der Waals surface area contributed by atoms with Gasteiger partial charge in [-0.25, -0.2) is 14.0 Å². The number of benzene rings is 2. The number of anilines is 2. The smallest absolute Gasteiger partial charge is 0.330 e. The topological polar surface area (TPSA) is 110 Å². The third kappa shape index (κ3) is 3.37. The Morgan fingerprint density at radius 2 is 1.62 bits per heavy atom. The molecule has 2 heterocycles. The van der Waals surface area contributed by atoms with Gasteiger partial charge in [0, 0.05) is 32.5 Å². The zero-order valence-electron chi connectivity index (χ0n) is 19.2. The summed E-state index contributed by atoms with van der Waals surface area (Å²) >= 11 is 0. The van der Waals surface area contributed by atoms with Crippen LogP contribution in [-0.4, -0.2) is 65.4 Å². The fourth-order valence-corrected chi connectivity index (χ4v) is 4.96. The second kappa shape index (κ2) is 8.12. The van der Waals surface area contributed by atoms with E-state index in [2.05, 4.69) is 5.32 Å². The molecule has 2 aliphatic rings.